The van der Waals surface area contributed by atoms with Crippen LogP contribution in [0.4, 0.5) is 22.0 Å². The normalized spacial score (nSPS) is 20.6. The van der Waals surface area contributed by atoms with Crippen LogP contribution in [0.25, 0.3) is 21.5 Å². The number of Topliss-reactive ketones (excluding diaryl/α,β-unsaturated/α-hetero) is 1. The first-order valence-electron chi connectivity index (χ1n) is 17.5. The van der Waals surface area contributed by atoms with Crippen LogP contribution in [0, 0.1) is 0 Å². The average Bonchev–Trinajstić information content (AvgIpc) is 3.74. The van der Waals surface area contributed by atoms with Crippen LogP contribution in [0.5, 0.6) is 5.75 Å². The van der Waals surface area contributed by atoms with Crippen LogP contribution >= 0.6 is 15.9 Å². The van der Waals surface area contributed by atoms with Gasteiger partial charge in [0.1, 0.15) is 5.75 Å². The third kappa shape index (κ3) is 8.51. The van der Waals surface area contributed by atoms with E-state index in [-0.39, 0.29) is 29.8 Å². The van der Waals surface area contributed by atoms with Crippen molar-refractivity contribution in [2.24, 2.45) is 5.73 Å². The Morgan fingerprint density at radius 1 is 0.796 bits per heavy atom. The van der Waals surface area contributed by atoms with Gasteiger partial charge in [0, 0.05) is 33.7 Å². The smallest absolute Gasteiger partial charge is 0.490 e. The Bertz CT molecular complexity index is 2080. The van der Waals surface area contributed by atoms with Crippen LogP contribution in [0.2, 0.25) is 0 Å². The minimum absolute atomic E-state index is 0.0364. The number of ketones is 1. The molecule has 1 saturated carbocycles. The number of benzene rings is 4. The van der Waals surface area contributed by atoms with Gasteiger partial charge in [-0.2, -0.15) is 22.0 Å². The predicted molar refractivity (Wildman–Crippen MR) is 193 cm³/mol. The second-order valence-electron chi connectivity index (χ2n) is 14.0. The van der Waals surface area contributed by atoms with E-state index < -0.39 is 47.3 Å². The maximum atomic E-state index is 16.6. The summed E-state index contributed by atoms with van der Waals surface area (Å²) >= 11 is 3.40. The van der Waals surface area contributed by atoms with Crippen molar-refractivity contribution >= 4 is 61.0 Å². The SMILES string of the molecule is NC1CC2CCC(C1)N2C(=O)C(NC(=O)C(=O)c1ccc2cc(OC3CCCC3)ccc2c1)C(F)(F)c1ccc2cc(Br)ccc2c1.O=C(O)C(F)(F)F. The molecule has 54 heavy (non-hydrogen) atoms. The van der Waals surface area contributed by atoms with Gasteiger partial charge in [-0.25, -0.2) is 4.79 Å². The maximum Gasteiger partial charge on any atom is 0.490 e. The molecule has 4 aromatic rings. The van der Waals surface area contributed by atoms with E-state index >= 15 is 8.78 Å². The number of fused-ring (bicyclic) bond motifs is 4. The molecule has 7 rings (SSSR count). The molecule has 4 N–H and O–H groups in total. The minimum Gasteiger partial charge on any atom is -0.490 e. The number of alkyl halides is 5. The lowest BCUT2D eigenvalue weighted by Gasteiger charge is -2.41. The summed E-state index contributed by atoms with van der Waals surface area (Å²) in [4.78, 5) is 51.4. The molecule has 0 spiro atoms. The molecule has 3 unspecified atom stereocenters. The molecule has 2 amide bonds. The summed E-state index contributed by atoms with van der Waals surface area (Å²) in [6, 6.07) is 16.7. The third-order valence-corrected chi connectivity index (χ3v) is 10.7. The van der Waals surface area contributed by atoms with Crippen molar-refractivity contribution in [3.63, 3.8) is 0 Å². The van der Waals surface area contributed by atoms with Crippen molar-refractivity contribution in [2.75, 3.05) is 0 Å². The predicted octanol–water partition coefficient (Wildman–Crippen LogP) is 7.65. The highest BCUT2D eigenvalue weighted by Crippen LogP contribution is 2.40. The standard InChI is InChI=1S/C37H36BrF2N3O4.C2HF3O2/c38-27-11-8-22-16-26(10-7-23(22)17-27)37(39,40)34(36(46)43-29-12-13-30(43)20-28(41)19-29)42-35(45)33(44)25-6-5-24-18-32(14-9-21(24)15-25)47-31-3-1-2-4-31;3-2(4,5)1(6)7/h5-11,14-18,28-31,34H,1-4,12-13,19-20,41H2,(H,42,45);(H,6,7). The van der Waals surface area contributed by atoms with Gasteiger partial charge in [-0.15, -0.1) is 0 Å². The Hall–Kier alpha value is -4.63. The number of carbonyl (C=O) groups is 4. The number of carboxylic acids is 1. The number of nitrogens with two attached hydrogens (primary N) is 1. The van der Waals surface area contributed by atoms with Gasteiger partial charge in [0.2, 0.25) is 5.78 Å². The maximum absolute atomic E-state index is 16.6. The van der Waals surface area contributed by atoms with E-state index in [1.54, 1.807) is 30.3 Å². The summed E-state index contributed by atoms with van der Waals surface area (Å²) in [5.41, 5.74) is 5.80. The fourth-order valence-corrected chi connectivity index (χ4v) is 7.97. The Morgan fingerprint density at radius 3 is 2.00 bits per heavy atom. The highest BCUT2D eigenvalue weighted by atomic mass is 79.9. The molecule has 286 valence electrons. The molecule has 3 aliphatic rings. The topological polar surface area (TPSA) is 139 Å². The number of carbonyl (C=O) groups excluding carboxylic acids is 3. The molecule has 3 fully saturated rings. The van der Waals surface area contributed by atoms with Crippen LogP contribution in [-0.4, -0.2) is 70.0 Å². The number of ether oxygens (including phenoxy) is 1. The Morgan fingerprint density at radius 2 is 1.35 bits per heavy atom. The van der Waals surface area contributed by atoms with Crippen molar-refractivity contribution < 1.29 is 51.0 Å². The van der Waals surface area contributed by atoms with Gasteiger partial charge in [0.15, 0.2) is 6.04 Å². The number of piperidine rings is 1. The van der Waals surface area contributed by atoms with Gasteiger partial charge >= 0.3 is 18.1 Å². The Labute approximate surface area is 315 Å². The zero-order valence-electron chi connectivity index (χ0n) is 28.8. The molecule has 2 heterocycles. The second kappa shape index (κ2) is 15.6. The molecular weight excluding hydrogens is 781 g/mol. The molecule has 9 nitrogen and oxygen atoms in total. The van der Waals surface area contributed by atoms with Gasteiger partial charge in [0.25, 0.3) is 11.8 Å². The van der Waals surface area contributed by atoms with Gasteiger partial charge < -0.3 is 25.8 Å². The lowest BCUT2D eigenvalue weighted by Crippen LogP contribution is -2.61. The second-order valence-corrected chi connectivity index (χ2v) is 14.9. The monoisotopic (exact) mass is 817 g/mol. The number of nitrogens with one attached hydrogen (secondary N) is 1. The molecule has 15 heteroatoms. The molecular formula is C39H37BrF5N3O6. The molecule has 3 atom stereocenters. The fourth-order valence-electron chi connectivity index (χ4n) is 7.59. The zero-order valence-corrected chi connectivity index (χ0v) is 30.3. The first-order chi connectivity index (χ1) is 25.5. The van der Waals surface area contributed by atoms with Gasteiger partial charge in [-0.1, -0.05) is 52.3 Å². The molecule has 2 bridgehead atoms. The number of hydrogen-bond acceptors (Lipinski definition) is 6. The van der Waals surface area contributed by atoms with Gasteiger partial charge in [0.05, 0.1) is 6.10 Å². The number of rotatable bonds is 8. The van der Waals surface area contributed by atoms with Crippen molar-refractivity contribution in [1.29, 1.82) is 0 Å². The molecule has 1 aliphatic carbocycles. The van der Waals surface area contributed by atoms with Crippen molar-refractivity contribution in [3.8, 4) is 5.75 Å². The summed E-state index contributed by atoms with van der Waals surface area (Å²) in [7, 11) is 0. The number of hydrogen-bond donors (Lipinski definition) is 3. The summed E-state index contributed by atoms with van der Waals surface area (Å²) < 4.78 is 71.8. The Kier molecular flexibility index (Phi) is 11.3. The van der Waals surface area contributed by atoms with Crippen LogP contribution in [0.15, 0.2) is 77.3 Å². The Balaban J connectivity index is 0.000000649. The first-order valence-corrected chi connectivity index (χ1v) is 18.3. The van der Waals surface area contributed by atoms with E-state index in [1.807, 2.05) is 24.3 Å². The molecule has 2 saturated heterocycles. The largest absolute Gasteiger partial charge is 0.490 e. The highest BCUT2D eigenvalue weighted by Gasteiger charge is 2.53. The average molecular weight is 819 g/mol. The van der Waals surface area contributed by atoms with E-state index in [0.29, 0.717) is 36.5 Å². The molecule has 4 aromatic carbocycles. The van der Waals surface area contributed by atoms with Gasteiger partial charge in [-0.3, -0.25) is 14.4 Å². The number of halogens is 6. The van der Waals surface area contributed by atoms with Crippen LogP contribution < -0.4 is 15.8 Å². The first kappa shape index (κ1) is 39.1. The minimum atomic E-state index is -5.08. The molecule has 0 radical (unpaired) electrons. The van der Waals surface area contributed by atoms with Crippen molar-refractivity contribution in [2.45, 2.75) is 93.7 Å². The summed E-state index contributed by atoms with van der Waals surface area (Å²) in [6.07, 6.45) is 1.78. The van der Waals surface area contributed by atoms with E-state index in [4.69, 9.17) is 20.4 Å². The van der Waals surface area contributed by atoms with Crippen molar-refractivity contribution in [1.82, 2.24) is 10.2 Å². The molecule has 2 aliphatic heterocycles. The van der Waals surface area contributed by atoms with E-state index in [2.05, 4.69) is 21.2 Å². The van der Waals surface area contributed by atoms with Gasteiger partial charge in [-0.05, 0) is 109 Å². The third-order valence-electron chi connectivity index (χ3n) is 10.2. The van der Waals surface area contributed by atoms with Crippen LogP contribution in [-0.2, 0) is 20.3 Å². The summed E-state index contributed by atoms with van der Waals surface area (Å²) in [5, 5.41) is 12.1. The summed E-state index contributed by atoms with van der Waals surface area (Å²) in [5.74, 6) is -9.02. The van der Waals surface area contributed by atoms with Crippen LogP contribution in [0.3, 0.4) is 0 Å². The lowest BCUT2D eigenvalue weighted by molar-refractivity contribution is -0.192. The fraction of sp³-hybridized carbons (Fsp3) is 0.385. The lowest BCUT2D eigenvalue weighted by atomic mass is 9.93. The number of carboxylic acid groups (broad SMARTS) is 1. The van der Waals surface area contributed by atoms with E-state index in [1.165, 1.54) is 23.1 Å². The van der Waals surface area contributed by atoms with Crippen LogP contribution in [0.1, 0.15) is 67.3 Å². The number of aliphatic carboxylic acids is 1. The van der Waals surface area contributed by atoms with E-state index in [9.17, 15) is 27.6 Å². The summed E-state index contributed by atoms with van der Waals surface area (Å²) in [6.45, 7) is 0. The molecule has 0 aromatic heterocycles. The zero-order chi connectivity index (χ0) is 38.9. The number of amides is 2. The van der Waals surface area contributed by atoms with Crippen molar-refractivity contribution in [3.05, 3.63) is 88.4 Å². The quantitative estimate of drug-likeness (QED) is 0.0944. The highest BCUT2D eigenvalue weighted by molar-refractivity contribution is 9.10. The van der Waals surface area contributed by atoms with E-state index in [0.717, 1.165) is 46.7 Å². The number of nitrogens with zero attached hydrogens (tertiary/aromatic N) is 1.